The highest BCUT2D eigenvalue weighted by Gasteiger charge is 2.62. The first kappa shape index (κ1) is 19.6. The molecule has 5 fully saturated rings. The predicted octanol–water partition coefficient (Wildman–Crippen LogP) is 3.78. The lowest BCUT2D eigenvalue weighted by atomic mass is 9.70. The highest BCUT2D eigenvalue weighted by atomic mass is 19.1. The van der Waals surface area contributed by atoms with Gasteiger partial charge in [0.1, 0.15) is 17.7 Å². The molecule has 1 aromatic carbocycles. The minimum absolute atomic E-state index is 0.0380. The van der Waals surface area contributed by atoms with E-state index in [1.165, 1.54) is 24.5 Å². The second-order valence-electron chi connectivity index (χ2n) is 9.88. The van der Waals surface area contributed by atoms with Crippen molar-refractivity contribution in [1.29, 1.82) is 5.26 Å². The molecule has 2 aromatic rings. The van der Waals surface area contributed by atoms with E-state index in [1.807, 2.05) is 11.0 Å². The summed E-state index contributed by atoms with van der Waals surface area (Å²) in [6.07, 6.45) is 7.24. The molecule has 1 saturated heterocycles. The Morgan fingerprint density at radius 2 is 1.91 bits per heavy atom. The summed E-state index contributed by atoms with van der Waals surface area (Å²) in [4.78, 5) is 23.6. The Morgan fingerprint density at radius 3 is 2.59 bits per heavy atom. The highest BCUT2D eigenvalue weighted by molar-refractivity contribution is 5.82. The van der Waals surface area contributed by atoms with Gasteiger partial charge >= 0.3 is 0 Å². The molecule has 2 bridgehead atoms. The molecule has 7 rings (SSSR count). The van der Waals surface area contributed by atoms with E-state index >= 15 is 0 Å². The summed E-state index contributed by atoms with van der Waals surface area (Å²) in [7, 11) is 0. The maximum absolute atomic E-state index is 13.8. The van der Waals surface area contributed by atoms with Gasteiger partial charge in [-0.05, 0) is 61.6 Å². The monoisotopic (exact) mass is 436 g/mol. The number of aromatic nitrogens is 2. The smallest absolute Gasteiger partial charge is 0.232 e. The number of benzene rings is 1. The van der Waals surface area contributed by atoms with E-state index in [-0.39, 0.29) is 35.0 Å². The van der Waals surface area contributed by atoms with Gasteiger partial charge in [-0.15, -0.1) is 0 Å². The minimum Gasteiger partial charge on any atom is -0.476 e. The standard InChI is InChI=1S/C24H22F2N4O2/c25-16-1-13(2-17(26)5-16)20-3-14-4-21(14)30(20)23(31)19-8-24(6-15(19)7-24)12-32-22-11-28-18(9-27)10-29-22/h1-2,5,10-11,14-15,19-21H,3-4,6-8,12H2/t14-,15?,19?,20-,21+,24?/m0/s1. The van der Waals surface area contributed by atoms with Crippen LogP contribution in [0.1, 0.15) is 49.4 Å². The topological polar surface area (TPSA) is 79.1 Å². The third-order valence-electron chi connectivity index (χ3n) is 7.83. The SMILES string of the molecule is N#Cc1cnc(OCC23CC(C2)C(C(=O)N2[C@@H]4C[C@@H]4C[C@H]2c2cc(F)cc(F)c2)C3)cn1. The van der Waals surface area contributed by atoms with E-state index in [0.717, 1.165) is 38.2 Å². The number of hydrogen-bond donors (Lipinski definition) is 0. The zero-order valence-corrected chi connectivity index (χ0v) is 17.4. The summed E-state index contributed by atoms with van der Waals surface area (Å²) in [6, 6.07) is 5.49. The van der Waals surface area contributed by atoms with Gasteiger partial charge in [-0.1, -0.05) is 0 Å². The molecule has 32 heavy (non-hydrogen) atoms. The van der Waals surface area contributed by atoms with Crippen molar-refractivity contribution >= 4 is 5.91 Å². The quantitative estimate of drug-likeness (QED) is 0.713. The third-order valence-corrected chi connectivity index (χ3v) is 7.83. The van der Waals surface area contributed by atoms with Gasteiger partial charge in [0.05, 0.1) is 25.0 Å². The average molecular weight is 436 g/mol. The van der Waals surface area contributed by atoms with Gasteiger partial charge in [-0.2, -0.15) is 5.26 Å². The second kappa shape index (κ2) is 6.96. The summed E-state index contributed by atoms with van der Waals surface area (Å²) in [5.41, 5.74) is 0.761. The number of fused-ring (bicyclic) bond motifs is 2. The number of likely N-dealkylation sites (tertiary alicyclic amines) is 1. The summed E-state index contributed by atoms with van der Waals surface area (Å²) in [5, 5.41) is 8.82. The van der Waals surface area contributed by atoms with Crippen LogP contribution in [0.3, 0.4) is 0 Å². The third kappa shape index (κ3) is 3.14. The van der Waals surface area contributed by atoms with Gasteiger partial charge in [0.2, 0.25) is 11.8 Å². The first-order chi connectivity index (χ1) is 15.4. The molecule has 4 atom stereocenters. The van der Waals surface area contributed by atoms with Crippen LogP contribution < -0.4 is 4.74 Å². The van der Waals surface area contributed by atoms with E-state index in [0.29, 0.717) is 29.9 Å². The lowest BCUT2D eigenvalue weighted by Crippen LogP contribution is -2.39. The van der Waals surface area contributed by atoms with Crippen LogP contribution in [0.4, 0.5) is 8.78 Å². The molecular formula is C24H22F2N4O2. The number of nitriles is 1. The molecule has 6 nitrogen and oxygen atoms in total. The molecule has 5 aliphatic rings. The molecule has 0 spiro atoms. The van der Waals surface area contributed by atoms with Crippen molar-refractivity contribution in [2.45, 2.75) is 44.2 Å². The fourth-order valence-electron chi connectivity index (χ4n) is 6.31. The van der Waals surface area contributed by atoms with Gasteiger partial charge in [-0.3, -0.25) is 4.79 Å². The molecule has 1 amide bonds. The van der Waals surface area contributed by atoms with Gasteiger partial charge in [0.25, 0.3) is 0 Å². The number of carbonyl (C=O) groups excluding carboxylic acids is 1. The number of hydrogen-bond acceptors (Lipinski definition) is 5. The zero-order valence-electron chi connectivity index (χ0n) is 17.4. The summed E-state index contributed by atoms with van der Waals surface area (Å²) >= 11 is 0. The van der Waals surface area contributed by atoms with E-state index in [4.69, 9.17) is 10.00 Å². The lowest BCUT2D eigenvalue weighted by Gasteiger charge is -2.38. The molecule has 0 radical (unpaired) electrons. The summed E-state index contributed by atoms with van der Waals surface area (Å²) < 4.78 is 33.5. The number of piperidine rings is 1. The Balaban J connectivity index is 1.15. The Morgan fingerprint density at radius 1 is 1.12 bits per heavy atom. The summed E-state index contributed by atoms with van der Waals surface area (Å²) in [6.45, 7) is 0.471. The molecule has 2 heterocycles. The van der Waals surface area contributed by atoms with E-state index < -0.39 is 11.6 Å². The Hall–Kier alpha value is -3.08. The molecule has 164 valence electrons. The van der Waals surface area contributed by atoms with Crippen molar-refractivity contribution < 1.29 is 18.3 Å². The zero-order chi connectivity index (χ0) is 22.0. The van der Waals surface area contributed by atoms with Crippen molar-refractivity contribution in [3.8, 4) is 11.9 Å². The molecule has 0 N–H and O–H groups in total. The van der Waals surface area contributed by atoms with E-state index in [1.54, 1.807) is 0 Å². The van der Waals surface area contributed by atoms with Crippen LogP contribution in [0, 0.1) is 46.1 Å². The average Bonchev–Trinajstić information content (AvgIpc) is 3.11. The number of rotatable bonds is 5. The first-order valence-corrected chi connectivity index (χ1v) is 11.1. The number of nitrogens with zero attached hydrogens (tertiary/aromatic N) is 4. The van der Waals surface area contributed by atoms with Crippen molar-refractivity contribution in [2.24, 2.45) is 23.2 Å². The molecule has 1 aliphatic heterocycles. The number of ether oxygens (including phenoxy) is 1. The molecular weight excluding hydrogens is 414 g/mol. The second-order valence-corrected chi connectivity index (χ2v) is 9.88. The predicted molar refractivity (Wildman–Crippen MR) is 108 cm³/mol. The Bertz CT molecular complexity index is 1110. The van der Waals surface area contributed by atoms with E-state index in [9.17, 15) is 13.6 Å². The largest absolute Gasteiger partial charge is 0.476 e. The first-order valence-electron chi connectivity index (χ1n) is 11.1. The van der Waals surface area contributed by atoms with Gasteiger partial charge in [-0.25, -0.2) is 18.7 Å². The number of carbonyl (C=O) groups is 1. The molecule has 4 aliphatic carbocycles. The van der Waals surface area contributed by atoms with Crippen molar-refractivity contribution in [1.82, 2.24) is 14.9 Å². The fraction of sp³-hybridized carbons (Fsp3) is 0.500. The maximum atomic E-state index is 13.8. The lowest BCUT2D eigenvalue weighted by molar-refractivity contribution is -0.138. The van der Waals surface area contributed by atoms with Crippen LogP contribution in [0.25, 0.3) is 0 Å². The van der Waals surface area contributed by atoms with Crippen LogP contribution >= 0.6 is 0 Å². The Labute approximate surface area is 184 Å². The minimum atomic E-state index is -0.599. The Kier molecular flexibility index (Phi) is 4.26. The van der Waals surface area contributed by atoms with Crippen LogP contribution in [0.5, 0.6) is 5.88 Å². The van der Waals surface area contributed by atoms with Crippen molar-refractivity contribution in [3.05, 3.63) is 53.5 Å². The van der Waals surface area contributed by atoms with Crippen LogP contribution in [-0.2, 0) is 4.79 Å². The molecule has 4 saturated carbocycles. The molecule has 1 unspecified atom stereocenters. The van der Waals surface area contributed by atoms with Crippen molar-refractivity contribution in [2.75, 3.05) is 6.61 Å². The van der Waals surface area contributed by atoms with Gasteiger partial charge in [0, 0.05) is 23.4 Å². The number of amides is 1. The summed E-state index contributed by atoms with van der Waals surface area (Å²) in [5.74, 6) is 0.0271. The highest BCUT2D eigenvalue weighted by Crippen LogP contribution is 2.64. The van der Waals surface area contributed by atoms with E-state index in [2.05, 4.69) is 9.97 Å². The molecule has 8 heteroatoms. The molecule has 1 aromatic heterocycles. The maximum Gasteiger partial charge on any atom is 0.232 e. The van der Waals surface area contributed by atoms with Crippen LogP contribution in [-0.4, -0.2) is 33.4 Å². The van der Waals surface area contributed by atoms with Gasteiger partial charge in [0.15, 0.2) is 5.69 Å². The normalized spacial score (nSPS) is 33.9. The fourth-order valence-corrected chi connectivity index (χ4v) is 6.31. The van der Waals surface area contributed by atoms with Crippen LogP contribution in [0.2, 0.25) is 0 Å². The number of halogens is 2. The van der Waals surface area contributed by atoms with Gasteiger partial charge < -0.3 is 9.64 Å². The van der Waals surface area contributed by atoms with Crippen LogP contribution in [0.15, 0.2) is 30.6 Å². The van der Waals surface area contributed by atoms with Crippen molar-refractivity contribution in [3.63, 3.8) is 0 Å².